The molecule has 2 unspecified atom stereocenters. The maximum atomic E-state index is 13.8. The van der Waals surface area contributed by atoms with Gasteiger partial charge in [0.25, 0.3) is 0 Å². The third-order valence-corrected chi connectivity index (χ3v) is 4.47. The quantitative estimate of drug-likeness (QED) is 0.880. The predicted molar refractivity (Wildman–Crippen MR) is 74.8 cm³/mol. The molecule has 2 fully saturated rings. The van der Waals surface area contributed by atoms with Crippen molar-refractivity contribution in [3.05, 3.63) is 29.6 Å². The number of nitrogens with zero attached hydrogens (tertiary/aromatic N) is 1. The molecule has 2 aliphatic rings. The van der Waals surface area contributed by atoms with Crippen molar-refractivity contribution in [2.45, 2.75) is 19.3 Å². The largest absolute Gasteiger partial charge is 0.478 e. The van der Waals surface area contributed by atoms with Crippen LogP contribution in [0.4, 0.5) is 14.9 Å². The van der Waals surface area contributed by atoms with Crippen molar-refractivity contribution in [2.75, 3.05) is 18.4 Å². The number of anilines is 1. The van der Waals surface area contributed by atoms with Gasteiger partial charge in [-0.3, -0.25) is 0 Å². The summed E-state index contributed by atoms with van der Waals surface area (Å²) in [5, 5.41) is 11.3. The van der Waals surface area contributed by atoms with Gasteiger partial charge in [-0.05, 0) is 42.9 Å². The average molecular weight is 292 g/mol. The fraction of sp³-hybridized carbons (Fsp3) is 0.467. The fourth-order valence-corrected chi connectivity index (χ4v) is 3.34. The zero-order chi connectivity index (χ0) is 15.0. The van der Waals surface area contributed by atoms with Gasteiger partial charge in [-0.1, -0.05) is 6.42 Å². The summed E-state index contributed by atoms with van der Waals surface area (Å²) in [7, 11) is 0. The maximum Gasteiger partial charge on any atom is 0.335 e. The molecule has 3 rings (SSSR count). The normalized spacial score (nSPS) is 24.0. The Morgan fingerprint density at radius 2 is 1.90 bits per heavy atom. The van der Waals surface area contributed by atoms with Crippen LogP contribution in [0.3, 0.4) is 0 Å². The minimum Gasteiger partial charge on any atom is -0.478 e. The SMILES string of the molecule is O=C(O)c1ccc(NC(=O)N2CC3CCCC3C2)c(F)c1. The standard InChI is InChI=1S/C15H17FN2O3/c16-12-6-9(14(19)20)4-5-13(12)17-15(21)18-7-10-2-1-3-11(10)8-18/h4-6,10-11H,1-3,7-8H2,(H,17,21)(H,19,20). The molecule has 0 radical (unpaired) electrons. The Labute approximate surface area is 121 Å². The number of aromatic carboxylic acids is 1. The summed E-state index contributed by atoms with van der Waals surface area (Å²) >= 11 is 0. The number of halogens is 1. The number of amides is 2. The fourth-order valence-electron chi connectivity index (χ4n) is 3.34. The van der Waals surface area contributed by atoms with Crippen LogP contribution in [0.5, 0.6) is 0 Å². The van der Waals surface area contributed by atoms with Crippen LogP contribution in [-0.2, 0) is 0 Å². The number of carbonyl (C=O) groups is 2. The van der Waals surface area contributed by atoms with Gasteiger partial charge in [0.2, 0.25) is 0 Å². The average Bonchev–Trinajstić information content (AvgIpc) is 3.01. The monoisotopic (exact) mass is 292 g/mol. The minimum absolute atomic E-state index is 0.0158. The van der Waals surface area contributed by atoms with E-state index in [1.54, 1.807) is 4.90 Å². The van der Waals surface area contributed by atoms with Crippen LogP contribution in [0.1, 0.15) is 29.6 Å². The van der Waals surface area contributed by atoms with Crippen LogP contribution >= 0.6 is 0 Å². The highest BCUT2D eigenvalue weighted by Crippen LogP contribution is 2.37. The smallest absolute Gasteiger partial charge is 0.335 e. The second kappa shape index (κ2) is 5.35. The van der Waals surface area contributed by atoms with E-state index < -0.39 is 11.8 Å². The Kier molecular flexibility index (Phi) is 3.53. The maximum absolute atomic E-state index is 13.8. The van der Waals surface area contributed by atoms with Gasteiger partial charge >= 0.3 is 12.0 Å². The van der Waals surface area contributed by atoms with Crippen LogP contribution in [-0.4, -0.2) is 35.1 Å². The Morgan fingerprint density at radius 3 is 2.48 bits per heavy atom. The van der Waals surface area contributed by atoms with Gasteiger partial charge in [0, 0.05) is 13.1 Å². The van der Waals surface area contributed by atoms with Gasteiger partial charge in [0.1, 0.15) is 5.82 Å². The summed E-state index contributed by atoms with van der Waals surface area (Å²) in [4.78, 5) is 24.6. The molecule has 0 spiro atoms. The first kappa shape index (κ1) is 13.9. The van der Waals surface area contributed by atoms with Crippen molar-refractivity contribution in [2.24, 2.45) is 11.8 Å². The number of nitrogens with one attached hydrogen (secondary N) is 1. The van der Waals surface area contributed by atoms with Crippen molar-refractivity contribution in [1.82, 2.24) is 4.90 Å². The summed E-state index contributed by atoms with van der Waals surface area (Å²) < 4.78 is 13.8. The number of likely N-dealkylation sites (tertiary alicyclic amines) is 1. The zero-order valence-electron chi connectivity index (χ0n) is 11.5. The van der Waals surface area contributed by atoms with E-state index in [-0.39, 0.29) is 17.3 Å². The number of carboxylic acid groups (broad SMARTS) is 1. The molecular weight excluding hydrogens is 275 g/mol. The lowest BCUT2D eigenvalue weighted by Gasteiger charge is -2.18. The second-order valence-corrected chi connectivity index (χ2v) is 5.79. The molecule has 21 heavy (non-hydrogen) atoms. The van der Waals surface area contributed by atoms with Crippen LogP contribution in [0.2, 0.25) is 0 Å². The molecule has 6 heteroatoms. The number of fused-ring (bicyclic) bond motifs is 1. The van der Waals surface area contributed by atoms with E-state index in [0.717, 1.165) is 32.0 Å². The summed E-state index contributed by atoms with van der Waals surface area (Å²) in [6.45, 7) is 1.46. The van der Waals surface area contributed by atoms with Crippen molar-refractivity contribution in [1.29, 1.82) is 0 Å². The van der Waals surface area contributed by atoms with Crippen molar-refractivity contribution in [3.8, 4) is 0 Å². The van der Waals surface area contributed by atoms with E-state index in [0.29, 0.717) is 11.8 Å². The Bertz CT molecular complexity index is 578. The van der Waals surface area contributed by atoms with Gasteiger partial charge in [-0.25, -0.2) is 14.0 Å². The summed E-state index contributed by atoms with van der Waals surface area (Å²) in [6.07, 6.45) is 3.56. The molecule has 5 nitrogen and oxygen atoms in total. The topological polar surface area (TPSA) is 69.6 Å². The highest BCUT2D eigenvalue weighted by atomic mass is 19.1. The van der Waals surface area contributed by atoms with Gasteiger partial charge in [-0.2, -0.15) is 0 Å². The third-order valence-electron chi connectivity index (χ3n) is 4.47. The molecule has 1 saturated carbocycles. The number of urea groups is 1. The number of benzene rings is 1. The number of carboxylic acids is 1. The third kappa shape index (κ3) is 2.70. The highest BCUT2D eigenvalue weighted by molar-refractivity contribution is 5.92. The Hall–Kier alpha value is -2.11. The van der Waals surface area contributed by atoms with Gasteiger partial charge < -0.3 is 15.3 Å². The molecule has 0 aromatic heterocycles. The van der Waals surface area contributed by atoms with Crippen molar-refractivity contribution in [3.63, 3.8) is 0 Å². The molecule has 1 saturated heterocycles. The molecule has 2 atom stereocenters. The molecule has 2 amide bonds. The first-order chi connectivity index (χ1) is 10.0. The van der Waals surface area contributed by atoms with Crippen LogP contribution in [0, 0.1) is 17.7 Å². The summed E-state index contributed by atoms with van der Waals surface area (Å²) in [6, 6.07) is 3.16. The van der Waals surface area contributed by atoms with E-state index in [9.17, 15) is 14.0 Å². The van der Waals surface area contributed by atoms with E-state index in [2.05, 4.69) is 5.32 Å². The van der Waals surface area contributed by atoms with Crippen LogP contribution < -0.4 is 5.32 Å². The lowest BCUT2D eigenvalue weighted by Crippen LogP contribution is -2.33. The van der Waals surface area contributed by atoms with Crippen LogP contribution in [0.15, 0.2) is 18.2 Å². The molecule has 2 N–H and O–H groups in total. The lowest BCUT2D eigenvalue weighted by molar-refractivity contribution is 0.0696. The minimum atomic E-state index is -1.20. The Morgan fingerprint density at radius 1 is 1.24 bits per heavy atom. The van der Waals surface area contributed by atoms with E-state index in [4.69, 9.17) is 5.11 Å². The van der Waals surface area contributed by atoms with E-state index in [1.165, 1.54) is 18.6 Å². The number of rotatable bonds is 2. The first-order valence-electron chi connectivity index (χ1n) is 7.13. The predicted octanol–water partition coefficient (Wildman–Crippen LogP) is 2.79. The molecule has 1 aliphatic heterocycles. The first-order valence-corrected chi connectivity index (χ1v) is 7.13. The summed E-state index contributed by atoms with van der Waals surface area (Å²) in [5.41, 5.74) is -0.122. The zero-order valence-corrected chi connectivity index (χ0v) is 11.5. The molecule has 112 valence electrons. The van der Waals surface area contributed by atoms with Gasteiger partial charge in [0.15, 0.2) is 0 Å². The summed E-state index contributed by atoms with van der Waals surface area (Å²) in [5.74, 6) is -0.772. The van der Waals surface area contributed by atoms with Gasteiger partial charge in [-0.15, -0.1) is 0 Å². The Balaban J connectivity index is 1.66. The van der Waals surface area contributed by atoms with Crippen LogP contribution in [0.25, 0.3) is 0 Å². The van der Waals surface area contributed by atoms with E-state index in [1.807, 2.05) is 0 Å². The highest BCUT2D eigenvalue weighted by Gasteiger charge is 2.38. The number of hydrogen-bond donors (Lipinski definition) is 2. The molecular formula is C15H17FN2O3. The number of hydrogen-bond acceptors (Lipinski definition) is 2. The molecule has 1 aromatic rings. The van der Waals surface area contributed by atoms with Crippen molar-refractivity contribution < 1.29 is 19.1 Å². The molecule has 0 bridgehead atoms. The van der Waals surface area contributed by atoms with E-state index >= 15 is 0 Å². The lowest BCUT2D eigenvalue weighted by atomic mass is 10.0. The second-order valence-electron chi connectivity index (χ2n) is 5.79. The molecule has 1 aliphatic carbocycles. The molecule has 1 heterocycles. The molecule has 1 aromatic carbocycles. The van der Waals surface area contributed by atoms with Crippen molar-refractivity contribution >= 4 is 17.7 Å². The van der Waals surface area contributed by atoms with Gasteiger partial charge in [0.05, 0.1) is 11.3 Å². The number of carbonyl (C=O) groups excluding carboxylic acids is 1.